The summed E-state index contributed by atoms with van der Waals surface area (Å²) in [5, 5.41) is 19.0. The van der Waals surface area contributed by atoms with E-state index in [1.54, 1.807) is 18.2 Å². The number of aliphatic hydroxyl groups is 1. The lowest BCUT2D eigenvalue weighted by atomic mass is 10.1. The summed E-state index contributed by atoms with van der Waals surface area (Å²) < 4.78 is 4.98. The maximum Gasteiger partial charge on any atom is 0.337 e. The first-order valence-electron chi connectivity index (χ1n) is 5.08. The lowest BCUT2D eigenvalue weighted by Crippen LogP contribution is -2.11. The number of rotatable bonds is 3. The van der Waals surface area contributed by atoms with Crippen molar-refractivity contribution < 1.29 is 19.7 Å². The van der Waals surface area contributed by atoms with Gasteiger partial charge >= 0.3 is 5.97 Å². The van der Waals surface area contributed by atoms with Gasteiger partial charge in [-0.05, 0) is 12.1 Å². The molecule has 0 saturated carbocycles. The molecule has 5 nitrogen and oxygen atoms in total. The average molecular weight is 268 g/mol. The first-order valence-corrected chi connectivity index (χ1v) is 5.46. The summed E-state index contributed by atoms with van der Waals surface area (Å²) >= 11 is 6.07. The van der Waals surface area contributed by atoms with Crippen LogP contribution in [0.15, 0.2) is 24.3 Å². The molecule has 1 unspecified atom stereocenters. The van der Waals surface area contributed by atoms with Crippen molar-refractivity contribution in [2.45, 2.75) is 6.10 Å². The number of aliphatic hydroxyl groups excluding tert-OH is 1. The van der Waals surface area contributed by atoms with Crippen LogP contribution in [0.1, 0.15) is 11.7 Å². The Bertz CT molecular complexity index is 614. The highest BCUT2D eigenvalue weighted by atomic mass is 35.5. The monoisotopic (exact) mass is 267 g/mol. The lowest BCUT2D eigenvalue weighted by Gasteiger charge is -2.10. The molecule has 1 aromatic heterocycles. The number of aromatic nitrogens is 1. The number of hydrogen-bond acceptors (Lipinski definition) is 4. The van der Waals surface area contributed by atoms with Crippen LogP contribution in [0.5, 0.6) is 5.88 Å². The Labute approximate surface area is 108 Å². The predicted octanol–water partition coefficient (Wildman–Crippen LogP) is 2.01. The number of carboxylic acid groups (broad SMARTS) is 1. The van der Waals surface area contributed by atoms with Gasteiger partial charge in [0.15, 0.2) is 6.10 Å². The van der Waals surface area contributed by atoms with Crippen LogP contribution < -0.4 is 4.74 Å². The van der Waals surface area contributed by atoms with Gasteiger partial charge in [0.05, 0.1) is 17.6 Å². The van der Waals surface area contributed by atoms with E-state index in [0.717, 1.165) is 0 Å². The summed E-state index contributed by atoms with van der Waals surface area (Å²) in [6.07, 6.45) is -1.65. The molecule has 2 rings (SSSR count). The van der Waals surface area contributed by atoms with Crippen LogP contribution in [0.4, 0.5) is 0 Å². The number of hydrogen-bond donors (Lipinski definition) is 2. The second-order valence-corrected chi connectivity index (χ2v) is 4.01. The molecule has 2 N–H and O–H groups in total. The zero-order valence-electron chi connectivity index (χ0n) is 9.42. The van der Waals surface area contributed by atoms with E-state index in [1.807, 2.05) is 0 Å². The largest absolute Gasteiger partial charge is 0.481 e. The zero-order chi connectivity index (χ0) is 13.3. The number of carbonyl (C=O) groups is 1. The third-order valence-electron chi connectivity index (χ3n) is 2.55. The second kappa shape index (κ2) is 4.80. The number of halogens is 1. The summed E-state index contributed by atoms with van der Waals surface area (Å²) in [5.74, 6) is -0.914. The summed E-state index contributed by atoms with van der Waals surface area (Å²) in [4.78, 5) is 14.9. The SMILES string of the molecule is COc1ccc2c(Cl)c(C(O)C(=O)O)ccc2n1. The molecule has 18 heavy (non-hydrogen) atoms. The molecule has 1 aromatic carbocycles. The zero-order valence-corrected chi connectivity index (χ0v) is 10.2. The fraction of sp³-hybridized carbons (Fsp3) is 0.167. The van der Waals surface area contributed by atoms with E-state index in [0.29, 0.717) is 16.8 Å². The van der Waals surface area contributed by atoms with Gasteiger partial charge < -0.3 is 14.9 Å². The van der Waals surface area contributed by atoms with E-state index in [4.69, 9.17) is 21.4 Å². The summed E-state index contributed by atoms with van der Waals surface area (Å²) in [6, 6.07) is 6.31. The highest BCUT2D eigenvalue weighted by molar-refractivity contribution is 6.36. The van der Waals surface area contributed by atoms with Gasteiger partial charge in [0.25, 0.3) is 0 Å². The van der Waals surface area contributed by atoms with Gasteiger partial charge in [-0.15, -0.1) is 0 Å². The van der Waals surface area contributed by atoms with Crippen molar-refractivity contribution in [2.75, 3.05) is 7.11 Å². The molecular weight excluding hydrogens is 258 g/mol. The molecule has 0 spiro atoms. The van der Waals surface area contributed by atoms with Crippen molar-refractivity contribution >= 4 is 28.5 Å². The van der Waals surface area contributed by atoms with Crippen molar-refractivity contribution in [2.24, 2.45) is 0 Å². The van der Waals surface area contributed by atoms with E-state index < -0.39 is 12.1 Å². The Balaban J connectivity index is 2.61. The normalized spacial score (nSPS) is 12.4. The number of ether oxygens (including phenoxy) is 1. The first kappa shape index (κ1) is 12.6. The van der Waals surface area contributed by atoms with Crippen molar-refractivity contribution in [3.8, 4) is 5.88 Å². The fourth-order valence-corrected chi connectivity index (χ4v) is 1.95. The minimum absolute atomic E-state index is 0.142. The van der Waals surface area contributed by atoms with E-state index in [-0.39, 0.29) is 10.6 Å². The van der Waals surface area contributed by atoms with Gasteiger partial charge in [-0.1, -0.05) is 17.7 Å². The smallest absolute Gasteiger partial charge is 0.337 e. The van der Waals surface area contributed by atoms with Gasteiger partial charge in [-0.2, -0.15) is 0 Å². The number of aliphatic carboxylic acids is 1. The topological polar surface area (TPSA) is 79.7 Å². The second-order valence-electron chi connectivity index (χ2n) is 3.63. The molecule has 94 valence electrons. The van der Waals surface area contributed by atoms with Crippen LogP contribution in [0.25, 0.3) is 10.9 Å². The van der Waals surface area contributed by atoms with Crippen molar-refractivity contribution in [1.29, 1.82) is 0 Å². The molecular formula is C12H10ClNO4. The molecule has 0 bridgehead atoms. The number of methoxy groups -OCH3 is 1. The van der Waals surface area contributed by atoms with E-state index in [1.165, 1.54) is 13.2 Å². The van der Waals surface area contributed by atoms with E-state index in [9.17, 15) is 9.90 Å². The number of fused-ring (bicyclic) bond motifs is 1. The van der Waals surface area contributed by atoms with Crippen LogP contribution in [0.3, 0.4) is 0 Å². The molecule has 6 heteroatoms. The third-order valence-corrected chi connectivity index (χ3v) is 2.97. The third kappa shape index (κ3) is 2.10. The first-order chi connectivity index (χ1) is 8.54. The summed E-state index contributed by atoms with van der Waals surface area (Å²) in [6.45, 7) is 0. The molecule has 1 atom stereocenters. The Morgan fingerprint density at radius 3 is 2.72 bits per heavy atom. The minimum Gasteiger partial charge on any atom is -0.481 e. The van der Waals surface area contributed by atoms with Crippen molar-refractivity contribution in [3.05, 3.63) is 34.9 Å². The van der Waals surface area contributed by atoms with Crippen LogP contribution in [0.2, 0.25) is 5.02 Å². The molecule has 1 heterocycles. The van der Waals surface area contributed by atoms with Crippen molar-refractivity contribution in [3.63, 3.8) is 0 Å². The van der Waals surface area contributed by atoms with Crippen molar-refractivity contribution in [1.82, 2.24) is 4.98 Å². The molecule has 0 radical (unpaired) electrons. The minimum atomic E-state index is -1.65. The van der Waals surface area contributed by atoms with Crippen LogP contribution in [-0.4, -0.2) is 28.3 Å². The Kier molecular flexibility index (Phi) is 3.36. The molecule has 2 aromatic rings. The molecule has 0 fully saturated rings. The quantitative estimate of drug-likeness (QED) is 0.889. The average Bonchev–Trinajstić information content (AvgIpc) is 2.37. The maximum atomic E-state index is 10.7. The number of carboxylic acids is 1. The highest BCUT2D eigenvalue weighted by Crippen LogP contribution is 2.31. The van der Waals surface area contributed by atoms with Gasteiger partial charge in [0, 0.05) is 17.0 Å². The fourth-order valence-electron chi connectivity index (χ4n) is 1.62. The van der Waals surface area contributed by atoms with Crippen LogP contribution in [0, 0.1) is 0 Å². The Morgan fingerprint density at radius 2 is 2.11 bits per heavy atom. The summed E-state index contributed by atoms with van der Waals surface area (Å²) in [7, 11) is 1.50. The molecule has 0 aliphatic rings. The van der Waals surface area contributed by atoms with Crippen LogP contribution in [-0.2, 0) is 4.79 Å². The van der Waals surface area contributed by atoms with E-state index in [2.05, 4.69) is 4.98 Å². The standard InChI is InChI=1S/C12H10ClNO4/c1-18-9-5-3-6-8(14-9)4-2-7(10(6)13)11(15)12(16)17/h2-5,11,15H,1H3,(H,16,17). The molecule has 0 aliphatic heterocycles. The number of benzene rings is 1. The number of pyridine rings is 1. The Morgan fingerprint density at radius 1 is 1.39 bits per heavy atom. The highest BCUT2D eigenvalue weighted by Gasteiger charge is 2.20. The van der Waals surface area contributed by atoms with E-state index >= 15 is 0 Å². The van der Waals surface area contributed by atoms with Crippen LogP contribution >= 0.6 is 11.6 Å². The van der Waals surface area contributed by atoms with Gasteiger partial charge in [0.1, 0.15) is 0 Å². The van der Waals surface area contributed by atoms with Gasteiger partial charge in [-0.25, -0.2) is 9.78 Å². The summed E-state index contributed by atoms with van der Waals surface area (Å²) in [5.41, 5.74) is 0.712. The molecule has 0 aliphatic carbocycles. The molecule has 0 amide bonds. The molecule has 0 saturated heterocycles. The Hall–Kier alpha value is -1.85. The van der Waals surface area contributed by atoms with Gasteiger partial charge in [0.2, 0.25) is 5.88 Å². The lowest BCUT2D eigenvalue weighted by molar-refractivity contribution is -0.146. The van der Waals surface area contributed by atoms with Gasteiger partial charge in [-0.3, -0.25) is 0 Å². The predicted molar refractivity (Wildman–Crippen MR) is 65.9 cm³/mol. The number of nitrogens with zero attached hydrogens (tertiary/aromatic N) is 1. The maximum absolute atomic E-state index is 10.7.